The summed E-state index contributed by atoms with van der Waals surface area (Å²) in [5.74, 6) is 0. The number of anilines is 3. The van der Waals surface area contributed by atoms with Gasteiger partial charge in [0.25, 0.3) is 0 Å². The summed E-state index contributed by atoms with van der Waals surface area (Å²) in [4.78, 5) is 0.183. The third-order valence-electron chi connectivity index (χ3n) is 2.79. The number of nitrogens with zero attached hydrogens (tertiary/aromatic N) is 3. The zero-order chi connectivity index (χ0) is 14.9. The topological polar surface area (TPSA) is 93.2 Å². The van der Waals surface area contributed by atoms with E-state index in [0.29, 0.717) is 11.4 Å². The van der Waals surface area contributed by atoms with Gasteiger partial charge in [-0.3, -0.25) is 4.68 Å². The molecule has 7 nitrogen and oxygen atoms in total. The fourth-order valence-corrected chi connectivity index (χ4v) is 2.58. The number of nitrogens with one attached hydrogen (secondary N) is 1. The van der Waals surface area contributed by atoms with E-state index >= 15 is 0 Å². The quantitative estimate of drug-likeness (QED) is 0.821. The Balaban J connectivity index is 2.39. The van der Waals surface area contributed by atoms with E-state index < -0.39 is 10.0 Å². The Bertz CT molecular complexity index is 721. The van der Waals surface area contributed by atoms with E-state index in [1.807, 2.05) is 0 Å². The highest BCUT2D eigenvalue weighted by atomic mass is 32.2. The molecule has 2 rings (SSSR count). The fourth-order valence-electron chi connectivity index (χ4n) is 1.66. The molecule has 0 unspecified atom stereocenters. The second-order valence-electron chi connectivity index (χ2n) is 4.56. The largest absolute Gasteiger partial charge is 0.397 e. The summed E-state index contributed by atoms with van der Waals surface area (Å²) in [5.41, 5.74) is 7.59. The van der Waals surface area contributed by atoms with Gasteiger partial charge in [0.15, 0.2) is 0 Å². The molecule has 1 aromatic heterocycles. The van der Waals surface area contributed by atoms with Crippen LogP contribution in [0.5, 0.6) is 0 Å². The third kappa shape index (κ3) is 2.75. The molecule has 20 heavy (non-hydrogen) atoms. The zero-order valence-corrected chi connectivity index (χ0v) is 12.3. The molecule has 3 N–H and O–H groups in total. The first-order valence-corrected chi connectivity index (χ1v) is 7.32. The second kappa shape index (κ2) is 5.14. The van der Waals surface area contributed by atoms with Crippen LogP contribution < -0.4 is 11.1 Å². The number of aryl methyl sites for hydroxylation is 1. The van der Waals surface area contributed by atoms with Crippen molar-refractivity contribution >= 4 is 27.1 Å². The van der Waals surface area contributed by atoms with Crippen LogP contribution in [-0.2, 0) is 17.1 Å². The van der Waals surface area contributed by atoms with E-state index in [0.717, 1.165) is 9.99 Å². The van der Waals surface area contributed by atoms with Gasteiger partial charge in [-0.1, -0.05) is 0 Å². The monoisotopic (exact) mass is 295 g/mol. The summed E-state index contributed by atoms with van der Waals surface area (Å²) in [6, 6.07) is 4.56. The van der Waals surface area contributed by atoms with Gasteiger partial charge in [-0.15, -0.1) is 0 Å². The molecule has 1 heterocycles. The average Bonchev–Trinajstić information content (AvgIpc) is 2.77. The van der Waals surface area contributed by atoms with E-state index in [4.69, 9.17) is 5.73 Å². The molecule has 0 aliphatic carbocycles. The Morgan fingerprint density at radius 1 is 1.35 bits per heavy atom. The van der Waals surface area contributed by atoms with Crippen molar-refractivity contribution in [2.45, 2.75) is 4.90 Å². The molecule has 1 aromatic carbocycles. The van der Waals surface area contributed by atoms with Gasteiger partial charge in [0.1, 0.15) is 0 Å². The van der Waals surface area contributed by atoms with Crippen LogP contribution in [0.25, 0.3) is 0 Å². The molecular formula is C12H17N5O2S. The Morgan fingerprint density at radius 3 is 2.60 bits per heavy atom. The minimum atomic E-state index is -3.49. The van der Waals surface area contributed by atoms with Crippen molar-refractivity contribution in [1.29, 1.82) is 0 Å². The molecule has 0 amide bonds. The molecule has 0 fully saturated rings. The Labute approximate surface area is 118 Å². The maximum atomic E-state index is 12.1. The lowest BCUT2D eigenvalue weighted by molar-refractivity contribution is 0.521. The molecule has 0 saturated carbocycles. The molecule has 0 aliphatic heterocycles. The van der Waals surface area contributed by atoms with Gasteiger partial charge in [0.2, 0.25) is 10.0 Å². The molecule has 0 spiro atoms. The number of nitrogen functional groups attached to an aromatic ring is 1. The number of aromatic nitrogens is 2. The first-order valence-electron chi connectivity index (χ1n) is 5.88. The summed E-state index contributed by atoms with van der Waals surface area (Å²) in [7, 11) is 1.28. The Kier molecular flexibility index (Phi) is 3.69. The van der Waals surface area contributed by atoms with Gasteiger partial charge < -0.3 is 11.1 Å². The van der Waals surface area contributed by atoms with E-state index in [-0.39, 0.29) is 4.90 Å². The van der Waals surface area contributed by atoms with E-state index in [2.05, 4.69) is 10.4 Å². The van der Waals surface area contributed by atoms with Crippen LogP contribution in [0.1, 0.15) is 0 Å². The first kappa shape index (κ1) is 14.4. The number of benzene rings is 1. The van der Waals surface area contributed by atoms with Crippen molar-refractivity contribution in [3.8, 4) is 0 Å². The van der Waals surface area contributed by atoms with Crippen molar-refractivity contribution < 1.29 is 8.42 Å². The van der Waals surface area contributed by atoms with E-state index in [1.54, 1.807) is 30.2 Å². The zero-order valence-electron chi connectivity index (χ0n) is 11.5. The van der Waals surface area contributed by atoms with Gasteiger partial charge >= 0.3 is 0 Å². The lowest BCUT2D eigenvalue weighted by Gasteiger charge is -2.14. The summed E-state index contributed by atoms with van der Waals surface area (Å²) < 4.78 is 27.0. The van der Waals surface area contributed by atoms with Crippen molar-refractivity contribution in [2.75, 3.05) is 25.1 Å². The summed E-state index contributed by atoms with van der Waals surface area (Å²) in [6.07, 6.45) is 3.40. The van der Waals surface area contributed by atoms with Gasteiger partial charge in [0.05, 0.1) is 28.2 Å². The van der Waals surface area contributed by atoms with Crippen molar-refractivity contribution in [1.82, 2.24) is 14.1 Å². The van der Waals surface area contributed by atoms with Crippen LogP contribution in [0.4, 0.5) is 17.1 Å². The van der Waals surface area contributed by atoms with Crippen LogP contribution in [-0.4, -0.2) is 36.6 Å². The molecule has 0 radical (unpaired) electrons. The van der Waals surface area contributed by atoms with Crippen LogP contribution in [0.3, 0.4) is 0 Å². The predicted molar refractivity (Wildman–Crippen MR) is 78.2 cm³/mol. The van der Waals surface area contributed by atoms with E-state index in [9.17, 15) is 8.42 Å². The standard InChI is InChI=1S/C12H17N5O2S/c1-16(2)20(18,19)10-4-5-11(13)12(6-10)15-9-7-14-17(3)8-9/h4-8,15H,13H2,1-3H3. The number of hydrogen-bond acceptors (Lipinski definition) is 5. The molecule has 0 bridgehead atoms. The maximum absolute atomic E-state index is 12.1. The smallest absolute Gasteiger partial charge is 0.242 e. The summed E-state index contributed by atoms with van der Waals surface area (Å²) in [5, 5.41) is 7.08. The fraction of sp³-hybridized carbons (Fsp3) is 0.250. The van der Waals surface area contributed by atoms with Crippen LogP contribution in [0.15, 0.2) is 35.5 Å². The molecule has 0 saturated heterocycles. The van der Waals surface area contributed by atoms with Crippen LogP contribution in [0.2, 0.25) is 0 Å². The normalized spacial score (nSPS) is 11.8. The molecule has 0 atom stereocenters. The average molecular weight is 295 g/mol. The van der Waals surface area contributed by atoms with Crippen LogP contribution >= 0.6 is 0 Å². The summed E-state index contributed by atoms with van der Waals surface area (Å²) in [6.45, 7) is 0. The molecule has 8 heteroatoms. The van der Waals surface area contributed by atoms with Crippen LogP contribution in [0, 0.1) is 0 Å². The lowest BCUT2D eigenvalue weighted by Crippen LogP contribution is -2.22. The summed E-state index contributed by atoms with van der Waals surface area (Å²) >= 11 is 0. The van der Waals surface area contributed by atoms with Gasteiger partial charge in [-0.25, -0.2) is 12.7 Å². The third-order valence-corrected chi connectivity index (χ3v) is 4.60. The Morgan fingerprint density at radius 2 is 2.05 bits per heavy atom. The predicted octanol–water partition coefficient (Wildman–Crippen LogP) is 0.996. The highest BCUT2D eigenvalue weighted by Gasteiger charge is 2.18. The Hall–Kier alpha value is -2.06. The minimum Gasteiger partial charge on any atom is -0.397 e. The van der Waals surface area contributed by atoms with Gasteiger partial charge in [0, 0.05) is 27.3 Å². The molecular weight excluding hydrogens is 278 g/mol. The van der Waals surface area contributed by atoms with Crippen molar-refractivity contribution in [3.05, 3.63) is 30.6 Å². The maximum Gasteiger partial charge on any atom is 0.242 e. The second-order valence-corrected chi connectivity index (χ2v) is 6.72. The molecule has 108 valence electrons. The molecule has 0 aliphatic rings. The van der Waals surface area contributed by atoms with Crippen molar-refractivity contribution in [3.63, 3.8) is 0 Å². The minimum absolute atomic E-state index is 0.183. The van der Waals surface area contributed by atoms with Gasteiger partial charge in [-0.05, 0) is 18.2 Å². The number of nitrogens with two attached hydrogens (primary N) is 1. The number of hydrogen-bond donors (Lipinski definition) is 2. The van der Waals surface area contributed by atoms with E-state index in [1.165, 1.54) is 26.2 Å². The number of sulfonamides is 1. The SMILES string of the molecule is CN(C)S(=O)(=O)c1ccc(N)c(Nc2cnn(C)c2)c1. The highest BCUT2D eigenvalue weighted by Crippen LogP contribution is 2.27. The van der Waals surface area contributed by atoms with Crippen molar-refractivity contribution in [2.24, 2.45) is 7.05 Å². The lowest BCUT2D eigenvalue weighted by atomic mass is 10.2. The first-order chi connectivity index (χ1) is 9.30. The highest BCUT2D eigenvalue weighted by molar-refractivity contribution is 7.89. The number of rotatable bonds is 4. The van der Waals surface area contributed by atoms with Gasteiger partial charge in [-0.2, -0.15) is 5.10 Å². The molecule has 2 aromatic rings.